The molecule has 4 heteroatoms. The van der Waals surface area contributed by atoms with E-state index in [1.807, 2.05) is 24.3 Å². The van der Waals surface area contributed by atoms with Gasteiger partial charge in [-0.3, -0.25) is 4.90 Å². The largest absolute Gasteiger partial charge is 0.497 e. The van der Waals surface area contributed by atoms with Crippen molar-refractivity contribution in [2.45, 2.75) is 19.3 Å². The average molecular weight is 298 g/mol. The van der Waals surface area contributed by atoms with Crippen LogP contribution in [0.4, 0.5) is 0 Å². The Morgan fingerprint density at radius 3 is 2.60 bits per heavy atom. The van der Waals surface area contributed by atoms with Gasteiger partial charge >= 0.3 is 0 Å². The second-order valence-electron chi connectivity index (χ2n) is 4.82. The molecule has 20 heavy (non-hydrogen) atoms. The molecule has 1 fully saturated rings. The van der Waals surface area contributed by atoms with Gasteiger partial charge in [-0.05, 0) is 38.1 Å². The summed E-state index contributed by atoms with van der Waals surface area (Å²) in [6, 6.07) is 7.70. The van der Waals surface area contributed by atoms with Crippen LogP contribution in [0.2, 0.25) is 0 Å². The standard InChI is InChI=1S/C16H23NO2.ClH/c1-18-15-8-7-9-16(14-15)19-13-6-5-12-17-10-3-2-4-11-17;/h5-9,14H,2-4,10-13H2,1H3;1H/b6-5+;. The van der Waals surface area contributed by atoms with Crippen LogP contribution in [-0.2, 0) is 0 Å². The topological polar surface area (TPSA) is 21.7 Å². The average Bonchev–Trinajstić information content (AvgIpc) is 2.48. The predicted molar refractivity (Wildman–Crippen MR) is 85.2 cm³/mol. The Kier molecular flexibility index (Phi) is 8.16. The summed E-state index contributed by atoms with van der Waals surface area (Å²) >= 11 is 0. The van der Waals surface area contributed by atoms with Gasteiger partial charge < -0.3 is 9.47 Å². The van der Waals surface area contributed by atoms with Crippen LogP contribution in [0.25, 0.3) is 0 Å². The number of rotatable bonds is 6. The third kappa shape index (κ3) is 5.85. The lowest BCUT2D eigenvalue weighted by molar-refractivity contribution is 0.251. The fourth-order valence-corrected chi connectivity index (χ4v) is 2.27. The molecule has 2 rings (SSSR count). The van der Waals surface area contributed by atoms with Crippen LogP contribution >= 0.6 is 12.4 Å². The summed E-state index contributed by atoms with van der Waals surface area (Å²) in [5, 5.41) is 0. The molecular weight excluding hydrogens is 274 g/mol. The van der Waals surface area contributed by atoms with E-state index in [1.165, 1.54) is 32.4 Å². The van der Waals surface area contributed by atoms with Gasteiger partial charge in [0, 0.05) is 12.6 Å². The minimum Gasteiger partial charge on any atom is -0.497 e. The molecule has 0 bridgehead atoms. The van der Waals surface area contributed by atoms with Gasteiger partial charge in [-0.25, -0.2) is 0 Å². The first-order chi connectivity index (χ1) is 9.38. The minimum absolute atomic E-state index is 0. The van der Waals surface area contributed by atoms with Gasteiger partial charge in [0.25, 0.3) is 0 Å². The van der Waals surface area contributed by atoms with Crippen LogP contribution in [0.1, 0.15) is 19.3 Å². The number of methoxy groups -OCH3 is 1. The van der Waals surface area contributed by atoms with Gasteiger partial charge in [-0.1, -0.05) is 24.6 Å². The molecule has 0 radical (unpaired) electrons. The summed E-state index contributed by atoms with van der Waals surface area (Å²) in [6.45, 7) is 4.13. The van der Waals surface area contributed by atoms with Crippen molar-refractivity contribution in [3.05, 3.63) is 36.4 Å². The number of benzene rings is 1. The highest BCUT2D eigenvalue weighted by molar-refractivity contribution is 5.85. The van der Waals surface area contributed by atoms with Crippen molar-refractivity contribution in [3.63, 3.8) is 0 Å². The third-order valence-corrected chi connectivity index (χ3v) is 3.37. The first-order valence-corrected chi connectivity index (χ1v) is 7.03. The van der Waals surface area contributed by atoms with Crippen LogP contribution < -0.4 is 9.47 Å². The molecular formula is C16H24ClNO2. The van der Waals surface area contributed by atoms with Crippen LogP contribution in [-0.4, -0.2) is 38.3 Å². The molecule has 0 atom stereocenters. The molecule has 1 aliphatic heterocycles. The molecule has 3 nitrogen and oxygen atoms in total. The number of likely N-dealkylation sites (tertiary alicyclic amines) is 1. The molecule has 1 aromatic carbocycles. The van der Waals surface area contributed by atoms with Crippen molar-refractivity contribution in [3.8, 4) is 11.5 Å². The Morgan fingerprint density at radius 1 is 1.10 bits per heavy atom. The summed E-state index contributed by atoms with van der Waals surface area (Å²) in [5.41, 5.74) is 0. The zero-order chi connectivity index (χ0) is 13.3. The quantitative estimate of drug-likeness (QED) is 0.750. The number of hydrogen-bond donors (Lipinski definition) is 0. The van der Waals surface area contributed by atoms with Crippen LogP contribution in [0.3, 0.4) is 0 Å². The lowest BCUT2D eigenvalue weighted by Crippen LogP contribution is -2.29. The normalized spacial score (nSPS) is 15.8. The maximum Gasteiger partial charge on any atom is 0.123 e. The van der Waals surface area contributed by atoms with E-state index in [4.69, 9.17) is 9.47 Å². The highest BCUT2D eigenvalue weighted by Crippen LogP contribution is 2.18. The Balaban J connectivity index is 0.00000200. The van der Waals surface area contributed by atoms with Crippen molar-refractivity contribution >= 4 is 12.4 Å². The maximum atomic E-state index is 5.65. The zero-order valence-corrected chi connectivity index (χ0v) is 12.9. The Bertz CT molecular complexity index is 403. The number of ether oxygens (including phenoxy) is 2. The summed E-state index contributed by atoms with van der Waals surface area (Å²) in [6.07, 6.45) is 8.36. The van der Waals surface area contributed by atoms with E-state index >= 15 is 0 Å². The molecule has 0 amide bonds. The highest BCUT2D eigenvalue weighted by Gasteiger charge is 2.07. The lowest BCUT2D eigenvalue weighted by atomic mass is 10.1. The Morgan fingerprint density at radius 2 is 1.85 bits per heavy atom. The Labute approximate surface area is 128 Å². The van der Waals surface area contributed by atoms with E-state index in [0.717, 1.165) is 18.0 Å². The molecule has 1 aliphatic rings. The monoisotopic (exact) mass is 297 g/mol. The van der Waals surface area contributed by atoms with Gasteiger partial charge in [0.05, 0.1) is 7.11 Å². The second kappa shape index (κ2) is 9.67. The molecule has 0 saturated carbocycles. The molecule has 112 valence electrons. The third-order valence-electron chi connectivity index (χ3n) is 3.37. The number of halogens is 1. The van der Waals surface area contributed by atoms with E-state index in [0.29, 0.717) is 6.61 Å². The summed E-state index contributed by atoms with van der Waals surface area (Å²) in [7, 11) is 1.66. The van der Waals surface area contributed by atoms with E-state index in [2.05, 4.69) is 17.1 Å². The smallest absolute Gasteiger partial charge is 0.123 e. The van der Waals surface area contributed by atoms with Gasteiger partial charge in [-0.15, -0.1) is 12.4 Å². The van der Waals surface area contributed by atoms with Gasteiger partial charge in [0.15, 0.2) is 0 Å². The molecule has 0 N–H and O–H groups in total. The maximum absolute atomic E-state index is 5.65. The van der Waals surface area contributed by atoms with Crippen LogP contribution in [0.5, 0.6) is 11.5 Å². The molecule has 1 heterocycles. The molecule has 0 aromatic heterocycles. The van der Waals surface area contributed by atoms with Gasteiger partial charge in [0.1, 0.15) is 18.1 Å². The van der Waals surface area contributed by atoms with E-state index < -0.39 is 0 Å². The number of hydrogen-bond acceptors (Lipinski definition) is 3. The molecule has 1 saturated heterocycles. The van der Waals surface area contributed by atoms with Crippen molar-refractivity contribution in [1.82, 2.24) is 4.90 Å². The molecule has 0 aliphatic carbocycles. The molecule has 1 aromatic rings. The second-order valence-corrected chi connectivity index (χ2v) is 4.82. The summed E-state index contributed by atoms with van der Waals surface area (Å²) in [5.74, 6) is 1.68. The predicted octanol–water partition coefficient (Wildman–Crippen LogP) is 3.54. The minimum atomic E-state index is 0. The van der Waals surface area contributed by atoms with Crippen LogP contribution in [0, 0.1) is 0 Å². The summed E-state index contributed by atoms with van der Waals surface area (Å²) < 4.78 is 10.8. The number of piperidine rings is 1. The van der Waals surface area contributed by atoms with Gasteiger partial charge in [-0.2, -0.15) is 0 Å². The first kappa shape index (κ1) is 16.9. The van der Waals surface area contributed by atoms with E-state index in [9.17, 15) is 0 Å². The fraction of sp³-hybridized carbons (Fsp3) is 0.500. The van der Waals surface area contributed by atoms with E-state index in [1.54, 1.807) is 7.11 Å². The molecule has 0 unspecified atom stereocenters. The Hall–Kier alpha value is -1.19. The SMILES string of the molecule is COc1cccc(OC/C=C/CN2CCCCC2)c1.Cl. The lowest BCUT2D eigenvalue weighted by Gasteiger charge is -2.24. The molecule has 0 spiro atoms. The van der Waals surface area contributed by atoms with Crippen molar-refractivity contribution in [1.29, 1.82) is 0 Å². The highest BCUT2D eigenvalue weighted by atomic mass is 35.5. The number of nitrogens with zero attached hydrogens (tertiary/aromatic N) is 1. The van der Waals surface area contributed by atoms with Crippen LogP contribution in [0.15, 0.2) is 36.4 Å². The van der Waals surface area contributed by atoms with Crippen molar-refractivity contribution in [2.24, 2.45) is 0 Å². The van der Waals surface area contributed by atoms with Gasteiger partial charge in [0.2, 0.25) is 0 Å². The van der Waals surface area contributed by atoms with Crippen molar-refractivity contribution < 1.29 is 9.47 Å². The van der Waals surface area contributed by atoms with Crippen molar-refractivity contribution in [2.75, 3.05) is 33.4 Å². The van der Waals surface area contributed by atoms with E-state index in [-0.39, 0.29) is 12.4 Å². The zero-order valence-electron chi connectivity index (χ0n) is 12.1. The first-order valence-electron chi connectivity index (χ1n) is 7.03. The fourth-order valence-electron chi connectivity index (χ4n) is 2.27. The summed E-state index contributed by atoms with van der Waals surface area (Å²) in [4.78, 5) is 2.49.